The zero-order valence-electron chi connectivity index (χ0n) is 7.83. The zero-order chi connectivity index (χ0) is 9.72. The average Bonchev–Trinajstić information content (AvgIpc) is 1.98. The highest BCUT2D eigenvalue weighted by molar-refractivity contribution is 8.23. The fraction of sp³-hybridized carbons (Fsp3) is 0.714. The highest BCUT2D eigenvalue weighted by atomic mass is 32.2. The number of thioether (sulfide) groups is 1. The standard InChI is InChI=1S/C7H14N2OS2/c1-8(2)6(10)5-12-7(11)9(3)4/h5H2,1-4H3. The second-order valence-electron chi connectivity index (χ2n) is 2.74. The number of rotatable bonds is 2. The molecule has 0 saturated carbocycles. The van der Waals surface area contributed by atoms with E-state index in [0.717, 1.165) is 4.32 Å². The number of thiocarbonyl (C=S) groups is 1. The van der Waals surface area contributed by atoms with E-state index < -0.39 is 0 Å². The van der Waals surface area contributed by atoms with Gasteiger partial charge in [0.2, 0.25) is 5.91 Å². The van der Waals surface area contributed by atoms with Gasteiger partial charge in [-0.1, -0.05) is 24.0 Å². The molecule has 0 aromatic rings. The SMILES string of the molecule is CN(C)C(=O)CSC(=S)N(C)C. The molecule has 70 valence electrons. The first-order valence-corrected chi connectivity index (χ1v) is 4.88. The van der Waals surface area contributed by atoms with E-state index in [-0.39, 0.29) is 5.91 Å². The van der Waals surface area contributed by atoms with Crippen molar-refractivity contribution in [3.8, 4) is 0 Å². The summed E-state index contributed by atoms with van der Waals surface area (Å²) in [4.78, 5) is 14.5. The van der Waals surface area contributed by atoms with Gasteiger partial charge in [-0.25, -0.2) is 0 Å². The van der Waals surface area contributed by atoms with Gasteiger partial charge in [0.15, 0.2) is 0 Å². The van der Waals surface area contributed by atoms with E-state index in [9.17, 15) is 4.79 Å². The predicted molar refractivity (Wildman–Crippen MR) is 57.4 cm³/mol. The molecule has 0 aliphatic carbocycles. The Kier molecular flexibility index (Phi) is 5.24. The highest BCUT2D eigenvalue weighted by Crippen LogP contribution is 2.06. The molecule has 0 aromatic heterocycles. The summed E-state index contributed by atoms with van der Waals surface area (Å²) in [6, 6.07) is 0. The van der Waals surface area contributed by atoms with Crippen LogP contribution in [-0.4, -0.2) is 54.0 Å². The number of carbonyl (C=O) groups excluding carboxylic acids is 1. The van der Waals surface area contributed by atoms with Crippen LogP contribution in [0, 0.1) is 0 Å². The van der Waals surface area contributed by atoms with Crippen molar-refractivity contribution in [2.45, 2.75) is 0 Å². The second-order valence-corrected chi connectivity index (χ2v) is 4.35. The van der Waals surface area contributed by atoms with Crippen molar-refractivity contribution in [3.63, 3.8) is 0 Å². The quantitative estimate of drug-likeness (QED) is 0.619. The average molecular weight is 206 g/mol. The van der Waals surface area contributed by atoms with Gasteiger partial charge in [0.1, 0.15) is 4.32 Å². The van der Waals surface area contributed by atoms with Crippen molar-refractivity contribution in [2.75, 3.05) is 33.9 Å². The van der Waals surface area contributed by atoms with Crippen molar-refractivity contribution in [2.24, 2.45) is 0 Å². The molecule has 0 unspecified atom stereocenters. The van der Waals surface area contributed by atoms with Crippen molar-refractivity contribution < 1.29 is 4.79 Å². The maximum atomic E-state index is 11.1. The van der Waals surface area contributed by atoms with E-state index in [0.29, 0.717) is 5.75 Å². The van der Waals surface area contributed by atoms with E-state index in [2.05, 4.69) is 0 Å². The summed E-state index contributed by atoms with van der Waals surface area (Å²) in [5.74, 6) is 0.508. The summed E-state index contributed by atoms with van der Waals surface area (Å²) >= 11 is 6.39. The predicted octanol–water partition coefficient (Wildman–Crippen LogP) is 0.654. The van der Waals surface area contributed by atoms with Crippen LogP contribution >= 0.6 is 24.0 Å². The molecule has 0 atom stereocenters. The molecule has 5 heteroatoms. The monoisotopic (exact) mass is 206 g/mol. The van der Waals surface area contributed by atoms with Crippen molar-refractivity contribution >= 4 is 34.2 Å². The van der Waals surface area contributed by atoms with Crippen LogP contribution in [0.4, 0.5) is 0 Å². The number of carbonyl (C=O) groups is 1. The molecular weight excluding hydrogens is 192 g/mol. The van der Waals surface area contributed by atoms with Crippen LogP contribution in [0.15, 0.2) is 0 Å². The lowest BCUT2D eigenvalue weighted by Crippen LogP contribution is -2.25. The first-order valence-electron chi connectivity index (χ1n) is 3.49. The Bertz CT molecular complexity index is 160. The Morgan fingerprint density at radius 2 is 1.75 bits per heavy atom. The molecule has 0 spiro atoms. The summed E-state index contributed by atoms with van der Waals surface area (Å²) in [6.07, 6.45) is 0. The van der Waals surface area contributed by atoms with E-state index in [1.165, 1.54) is 11.8 Å². The number of amides is 1. The van der Waals surface area contributed by atoms with Crippen LogP contribution in [0.5, 0.6) is 0 Å². The van der Waals surface area contributed by atoms with Crippen LogP contribution in [0.3, 0.4) is 0 Å². The summed E-state index contributed by atoms with van der Waals surface area (Å²) < 4.78 is 0.741. The van der Waals surface area contributed by atoms with Crippen LogP contribution in [-0.2, 0) is 4.79 Å². The topological polar surface area (TPSA) is 23.6 Å². The number of hydrogen-bond acceptors (Lipinski definition) is 3. The van der Waals surface area contributed by atoms with E-state index >= 15 is 0 Å². The summed E-state index contributed by atoms with van der Waals surface area (Å²) in [5, 5.41) is 0. The molecule has 0 aliphatic rings. The molecule has 0 aromatic carbocycles. The van der Waals surface area contributed by atoms with Crippen LogP contribution in [0.2, 0.25) is 0 Å². The molecule has 0 radical (unpaired) electrons. The minimum atomic E-state index is 0.0872. The summed E-state index contributed by atoms with van der Waals surface area (Å²) in [7, 11) is 7.22. The number of hydrogen-bond donors (Lipinski definition) is 0. The van der Waals surface area contributed by atoms with E-state index in [1.54, 1.807) is 19.0 Å². The Morgan fingerprint density at radius 3 is 2.08 bits per heavy atom. The molecule has 0 fully saturated rings. The third kappa shape index (κ3) is 4.56. The van der Waals surface area contributed by atoms with Crippen LogP contribution in [0.1, 0.15) is 0 Å². The first kappa shape index (κ1) is 11.7. The highest BCUT2D eigenvalue weighted by Gasteiger charge is 2.06. The van der Waals surface area contributed by atoms with Gasteiger partial charge in [0.05, 0.1) is 5.75 Å². The minimum Gasteiger partial charge on any atom is -0.364 e. The van der Waals surface area contributed by atoms with Gasteiger partial charge in [0, 0.05) is 28.2 Å². The van der Waals surface area contributed by atoms with Gasteiger partial charge >= 0.3 is 0 Å². The molecule has 1 amide bonds. The fourth-order valence-electron chi connectivity index (χ4n) is 0.382. The van der Waals surface area contributed by atoms with E-state index in [1.807, 2.05) is 19.0 Å². The molecule has 0 rings (SSSR count). The maximum absolute atomic E-state index is 11.1. The van der Waals surface area contributed by atoms with Gasteiger partial charge in [-0.15, -0.1) is 0 Å². The maximum Gasteiger partial charge on any atom is 0.232 e. The van der Waals surface area contributed by atoms with E-state index in [4.69, 9.17) is 12.2 Å². The molecule has 0 heterocycles. The fourth-order valence-corrected chi connectivity index (χ4v) is 1.32. The largest absolute Gasteiger partial charge is 0.364 e. The van der Waals surface area contributed by atoms with Crippen LogP contribution in [0.25, 0.3) is 0 Å². The third-order valence-electron chi connectivity index (χ3n) is 1.18. The Labute approximate surface area is 83.1 Å². The van der Waals surface area contributed by atoms with Gasteiger partial charge in [-0.05, 0) is 0 Å². The van der Waals surface area contributed by atoms with Gasteiger partial charge in [-0.3, -0.25) is 4.79 Å². The molecular formula is C7H14N2OS2. The molecule has 0 N–H and O–H groups in total. The van der Waals surface area contributed by atoms with Gasteiger partial charge < -0.3 is 9.80 Å². The Balaban J connectivity index is 3.69. The molecule has 0 saturated heterocycles. The summed E-state index contributed by atoms with van der Waals surface area (Å²) in [6.45, 7) is 0. The molecule has 12 heavy (non-hydrogen) atoms. The third-order valence-corrected chi connectivity index (χ3v) is 2.91. The lowest BCUT2D eigenvalue weighted by Gasteiger charge is -2.14. The van der Waals surface area contributed by atoms with Crippen molar-refractivity contribution in [1.29, 1.82) is 0 Å². The Hall–Kier alpha value is -0.290. The lowest BCUT2D eigenvalue weighted by atomic mass is 10.6. The van der Waals surface area contributed by atoms with Crippen molar-refractivity contribution in [3.05, 3.63) is 0 Å². The molecule has 3 nitrogen and oxygen atoms in total. The molecule has 0 bridgehead atoms. The zero-order valence-corrected chi connectivity index (χ0v) is 9.46. The smallest absolute Gasteiger partial charge is 0.232 e. The molecule has 0 aliphatic heterocycles. The lowest BCUT2D eigenvalue weighted by molar-refractivity contribution is -0.125. The minimum absolute atomic E-state index is 0.0872. The first-order chi connectivity index (χ1) is 5.45. The second kappa shape index (κ2) is 5.37. The van der Waals surface area contributed by atoms with Gasteiger partial charge in [0.25, 0.3) is 0 Å². The summed E-state index contributed by atoms with van der Waals surface area (Å²) in [5.41, 5.74) is 0. The number of nitrogens with zero attached hydrogens (tertiary/aromatic N) is 2. The normalized spacial score (nSPS) is 9.33. The Morgan fingerprint density at radius 1 is 1.25 bits per heavy atom. The van der Waals surface area contributed by atoms with Crippen molar-refractivity contribution in [1.82, 2.24) is 9.80 Å². The van der Waals surface area contributed by atoms with Gasteiger partial charge in [-0.2, -0.15) is 0 Å². The van der Waals surface area contributed by atoms with Crippen LogP contribution < -0.4 is 0 Å².